The number of thioether (sulfide) groups is 1. The van der Waals surface area contributed by atoms with Gasteiger partial charge in [-0.05, 0) is 53.8 Å². The molecule has 0 aliphatic carbocycles. The summed E-state index contributed by atoms with van der Waals surface area (Å²) in [6.45, 7) is 0. The highest BCUT2D eigenvalue weighted by atomic mass is 79.9. The predicted molar refractivity (Wildman–Crippen MR) is 137 cm³/mol. The van der Waals surface area contributed by atoms with E-state index in [1.165, 1.54) is 11.8 Å². The van der Waals surface area contributed by atoms with Crippen molar-refractivity contribution < 1.29 is 9.47 Å². The number of rotatable bonds is 4. The lowest BCUT2D eigenvalue weighted by atomic mass is 9.84. The lowest BCUT2D eigenvalue weighted by molar-refractivity contribution is 0.223. The van der Waals surface area contributed by atoms with Crippen LogP contribution in [0.2, 0.25) is 0 Å². The van der Waals surface area contributed by atoms with Gasteiger partial charge in [-0.15, -0.1) is 5.10 Å². The van der Waals surface area contributed by atoms with Crippen LogP contribution in [-0.2, 0) is 0 Å². The molecule has 0 bridgehead atoms. The van der Waals surface area contributed by atoms with Crippen LogP contribution in [-0.4, -0.2) is 28.1 Å². The molecule has 1 N–H and O–H groups in total. The minimum atomic E-state index is -0.308. The lowest BCUT2D eigenvalue weighted by Gasteiger charge is -2.39. The van der Waals surface area contributed by atoms with Crippen LogP contribution in [0.15, 0.2) is 88.0 Å². The van der Waals surface area contributed by atoms with E-state index in [-0.39, 0.29) is 12.1 Å². The molecule has 0 saturated carbocycles. The largest absolute Gasteiger partial charge is 0.497 e. The van der Waals surface area contributed by atoms with E-state index in [0.29, 0.717) is 11.1 Å². The maximum absolute atomic E-state index is 6.68. The number of halogens is 1. The van der Waals surface area contributed by atoms with Gasteiger partial charge in [0.1, 0.15) is 23.6 Å². The third kappa shape index (κ3) is 3.49. The Labute approximate surface area is 210 Å². The molecule has 2 atom stereocenters. The van der Waals surface area contributed by atoms with Gasteiger partial charge in [0.05, 0.1) is 12.8 Å². The summed E-state index contributed by atoms with van der Waals surface area (Å²) in [6, 6.07) is 24.3. The summed E-state index contributed by atoms with van der Waals surface area (Å²) in [5, 5.41) is 9.14. The minimum absolute atomic E-state index is 0.206. The smallest absolute Gasteiger partial charge is 0.227 e. The van der Waals surface area contributed by atoms with Crippen molar-refractivity contribution in [3.8, 4) is 11.5 Å². The summed E-state index contributed by atoms with van der Waals surface area (Å²) < 4.78 is 15.1. The lowest BCUT2D eigenvalue weighted by Crippen LogP contribution is -2.32. The van der Waals surface area contributed by atoms with Crippen molar-refractivity contribution in [3.05, 3.63) is 99.5 Å². The van der Waals surface area contributed by atoms with Crippen LogP contribution >= 0.6 is 27.7 Å². The van der Waals surface area contributed by atoms with E-state index in [0.717, 1.165) is 43.9 Å². The van der Waals surface area contributed by atoms with E-state index >= 15 is 0 Å². The van der Waals surface area contributed by atoms with Crippen molar-refractivity contribution in [2.45, 2.75) is 17.3 Å². The van der Waals surface area contributed by atoms with Gasteiger partial charge in [-0.25, -0.2) is 4.68 Å². The van der Waals surface area contributed by atoms with E-state index in [1.54, 1.807) is 7.11 Å². The van der Waals surface area contributed by atoms with Gasteiger partial charge in [0.15, 0.2) is 0 Å². The Morgan fingerprint density at radius 3 is 2.62 bits per heavy atom. The van der Waals surface area contributed by atoms with Crippen LogP contribution in [0.4, 0.5) is 5.95 Å². The number of aromatic nitrogens is 3. The monoisotopic (exact) mass is 532 g/mol. The summed E-state index contributed by atoms with van der Waals surface area (Å²) >= 11 is 5.16. The molecule has 1 aromatic heterocycles. The fraction of sp³-hybridized carbons (Fsp3) is 0.154. The van der Waals surface area contributed by atoms with Crippen LogP contribution in [0.25, 0.3) is 5.70 Å². The molecule has 6 nitrogen and oxygen atoms in total. The first-order valence-electron chi connectivity index (χ1n) is 10.8. The van der Waals surface area contributed by atoms with Gasteiger partial charge in [0.2, 0.25) is 11.1 Å². The molecule has 6 rings (SSSR count). The summed E-state index contributed by atoms with van der Waals surface area (Å²) in [7, 11) is 1.68. The van der Waals surface area contributed by atoms with Crippen LogP contribution in [0, 0.1) is 0 Å². The van der Waals surface area contributed by atoms with Gasteiger partial charge in [0.25, 0.3) is 0 Å². The molecule has 0 spiro atoms. The fourth-order valence-corrected chi connectivity index (χ4v) is 5.36. The number of ether oxygens (including phenoxy) is 2. The summed E-state index contributed by atoms with van der Waals surface area (Å²) in [5.41, 5.74) is 5.26. The van der Waals surface area contributed by atoms with Crippen molar-refractivity contribution in [1.29, 1.82) is 0 Å². The number of benzene rings is 3. The maximum Gasteiger partial charge on any atom is 0.227 e. The van der Waals surface area contributed by atoms with E-state index in [9.17, 15) is 0 Å². The first-order valence-corrected chi connectivity index (χ1v) is 12.8. The molecule has 0 amide bonds. The highest BCUT2D eigenvalue weighted by Gasteiger charge is 2.41. The first kappa shape index (κ1) is 21.3. The number of fused-ring (bicyclic) bond motifs is 3. The Balaban J connectivity index is 1.62. The molecule has 0 fully saturated rings. The van der Waals surface area contributed by atoms with E-state index < -0.39 is 0 Å². The molecule has 4 aromatic rings. The zero-order valence-electron chi connectivity index (χ0n) is 18.5. The summed E-state index contributed by atoms with van der Waals surface area (Å²) in [4.78, 5) is 4.75. The van der Waals surface area contributed by atoms with Crippen molar-refractivity contribution >= 4 is 39.3 Å². The third-order valence-electron chi connectivity index (χ3n) is 6.13. The fourth-order valence-electron chi connectivity index (χ4n) is 4.60. The molecular formula is C26H21BrN4O2S. The Morgan fingerprint density at radius 2 is 1.85 bits per heavy atom. The van der Waals surface area contributed by atoms with Crippen molar-refractivity contribution in [2.24, 2.45) is 0 Å². The molecule has 2 aliphatic rings. The number of hydrogen-bond acceptors (Lipinski definition) is 6. The molecular weight excluding hydrogens is 512 g/mol. The van der Waals surface area contributed by atoms with Crippen LogP contribution < -0.4 is 14.8 Å². The highest BCUT2D eigenvalue weighted by molar-refractivity contribution is 9.10. The van der Waals surface area contributed by atoms with E-state index in [4.69, 9.17) is 19.6 Å². The Hall–Kier alpha value is -3.23. The molecule has 34 heavy (non-hydrogen) atoms. The van der Waals surface area contributed by atoms with Crippen LogP contribution in [0.1, 0.15) is 28.8 Å². The predicted octanol–water partition coefficient (Wildman–Crippen LogP) is 6.33. The second-order valence-corrected chi connectivity index (χ2v) is 9.74. The standard InChI is InChI=1S/C26H21BrN4O2S/c1-32-18-12-10-15(11-13-18)23-21-22(28-25-29-26(34-2)30-31(23)25)19-8-3-4-9-20(19)33-24(21)16-6-5-7-17(27)14-16/h3-14,23-24H,1-2H3,(H,28,29,30). The number of nitrogens with zero attached hydrogens (tertiary/aromatic N) is 3. The zero-order chi connectivity index (χ0) is 23.2. The Morgan fingerprint density at radius 1 is 1.03 bits per heavy atom. The van der Waals surface area contributed by atoms with Gasteiger partial charge in [-0.3, -0.25) is 0 Å². The molecule has 3 aromatic carbocycles. The van der Waals surface area contributed by atoms with Crippen molar-refractivity contribution in [1.82, 2.24) is 14.8 Å². The number of nitrogens with one attached hydrogen (secondary N) is 1. The number of para-hydroxylation sites is 1. The Bertz CT molecular complexity index is 1420. The van der Waals surface area contributed by atoms with Gasteiger partial charge in [0, 0.05) is 15.6 Å². The van der Waals surface area contributed by atoms with Gasteiger partial charge < -0.3 is 14.8 Å². The van der Waals surface area contributed by atoms with Gasteiger partial charge >= 0.3 is 0 Å². The number of hydrogen-bond donors (Lipinski definition) is 1. The van der Waals surface area contributed by atoms with Crippen molar-refractivity contribution in [3.63, 3.8) is 0 Å². The number of anilines is 1. The molecule has 2 aliphatic heterocycles. The quantitative estimate of drug-likeness (QED) is 0.310. The van der Waals surface area contributed by atoms with Crippen molar-refractivity contribution in [2.75, 3.05) is 18.7 Å². The molecule has 0 saturated heterocycles. The first-order chi connectivity index (χ1) is 16.7. The molecule has 170 valence electrons. The average Bonchev–Trinajstić information content (AvgIpc) is 3.30. The second-order valence-electron chi connectivity index (χ2n) is 8.05. The van der Waals surface area contributed by atoms with E-state index in [2.05, 4.69) is 51.6 Å². The van der Waals surface area contributed by atoms with Crippen LogP contribution in [0.3, 0.4) is 0 Å². The van der Waals surface area contributed by atoms with Gasteiger partial charge in [-0.1, -0.05) is 64.1 Å². The highest BCUT2D eigenvalue weighted by Crippen LogP contribution is 2.51. The van der Waals surface area contributed by atoms with Gasteiger partial charge in [-0.2, -0.15) is 4.98 Å². The Kier molecular flexibility index (Phi) is 5.34. The number of methoxy groups -OCH3 is 1. The molecule has 2 unspecified atom stereocenters. The van der Waals surface area contributed by atoms with E-state index in [1.807, 2.05) is 53.4 Å². The SMILES string of the molecule is COc1ccc(C2C3=C(Nc4nc(SC)nn42)c2ccccc2OC3c2cccc(Br)c2)cc1. The molecule has 8 heteroatoms. The topological polar surface area (TPSA) is 61.2 Å². The minimum Gasteiger partial charge on any atom is -0.497 e. The molecule has 0 radical (unpaired) electrons. The average molecular weight is 533 g/mol. The second kappa shape index (κ2) is 8.52. The zero-order valence-corrected chi connectivity index (χ0v) is 20.9. The third-order valence-corrected chi connectivity index (χ3v) is 7.16. The summed E-state index contributed by atoms with van der Waals surface area (Å²) in [6.07, 6.45) is 1.68. The normalized spacial score (nSPS) is 18.3. The molecule has 3 heterocycles. The maximum atomic E-state index is 6.68. The summed E-state index contributed by atoms with van der Waals surface area (Å²) in [5.74, 6) is 2.36. The van der Waals surface area contributed by atoms with Crippen LogP contribution in [0.5, 0.6) is 11.5 Å².